The maximum absolute atomic E-state index is 11.7. The maximum Gasteiger partial charge on any atom is 0.188 e. The van der Waals surface area contributed by atoms with Gasteiger partial charge >= 0.3 is 0 Å². The molecule has 0 saturated carbocycles. The molecule has 0 saturated heterocycles. The third-order valence-corrected chi connectivity index (χ3v) is 2.13. The van der Waals surface area contributed by atoms with Crippen molar-refractivity contribution < 1.29 is 9.53 Å². The van der Waals surface area contributed by atoms with Gasteiger partial charge in [0.15, 0.2) is 5.78 Å². The van der Waals surface area contributed by atoms with Crippen molar-refractivity contribution in [1.82, 2.24) is 0 Å². The fourth-order valence-electron chi connectivity index (χ4n) is 1.31. The predicted molar refractivity (Wildman–Crippen MR) is 56.7 cm³/mol. The number of ketones is 1. The quantitative estimate of drug-likeness (QED) is 0.685. The van der Waals surface area contributed by atoms with Crippen molar-refractivity contribution in [3.8, 4) is 0 Å². The van der Waals surface area contributed by atoms with Gasteiger partial charge in [-0.3, -0.25) is 4.79 Å². The van der Waals surface area contributed by atoms with E-state index < -0.39 is 0 Å². The van der Waals surface area contributed by atoms with E-state index >= 15 is 0 Å². The van der Waals surface area contributed by atoms with Crippen molar-refractivity contribution in [2.45, 2.75) is 20.8 Å². The zero-order valence-electron chi connectivity index (χ0n) is 8.96. The molecule has 0 fully saturated rings. The van der Waals surface area contributed by atoms with Gasteiger partial charge in [-0.1, -0.05) is 17.7 Å². The molecule has 0 spiro atoms. The lowest BCUT2D eigenvalue weighted by Gasteiger charge is -2.05. The van der Waals surface area contributed by atoms with Gasteiger partial charge in [0.25, 0.3) is 0 Å². The fraction of sp³-hybridized carbons (Fsp3) is 0.417. The summed E-state index contributed by atoms with van der Waals surface area (Å²) in [7, 11) is 0. The minimum atomic E-state index is 0.0630. The van der Waals surface area contributed by atoms with Crippen LogP contribution in [0.2, 0.25) is 0 Å². The summed E-state index contributed by atoms with van der Waals surface area (Å²) in [4.78, 5) is 11.7. The molecule has 14 heavy (non-hydrogen) atoms. The van der Waals surface area contributed by atoms with E-state index in [1.54, 1.807) is 0 Å². The van der Waals surface area contributed by atoms with Gasteiger partial charge in [0, 0.05) is 12.2 Å². The second-order valence-electron chi connectivity index (χ2n) is 3.38. The predicted octanol–water partition coefficient (Wildman–Crippen LogP) is 2.52. The SMILES string of the molecule is CCOCC(=O)c1cc(C)ccc1C. The number of Topliss-reactive ketones (excluding diaryl/α,β-unsaturated/α-hetero) is 1. The number of carbonyl (C=O) groups excluding carboxylic acids is 1. The highest BCUT2D eigenvalue weighted by atomic mass is 16.5. The Morgan fingerprint density at radius 1 is 1.36 bits per heavy atom. The molecule has 1 aromatic carbocycles. The first-order chi connectivity index (χ1) is 6.65. The molecule has 0 radical (unpaired) electrons. The van der Waals surface area contributed by atoms with Crippen LogP contribution in [0.5, 0.6) is 0 Å². The minimum Gasteiger partial charge on any atom is -0.374 e. The first kappa shape index (κ1) is 10.9. The van der Waals surface area contributed by atoms with Crippen molar-refractivity contribution in [2.24, 2.45) is 0 Å². The minimum absolute atomic E-state index is 0.0630. The summed E-state index contributed by atoms with van der Waals surface area (Å²) in [5, 5.41) is 0. The van der Waals surface area contributed by atoms with Crippen LogP contribution in [-0.2, 0) is 4.74 Å². The first-order valence-electron chi connectivity index (χ1n) is 4.83. The van der Waals surface area contributed by atoms with Crippen LogP contribution in [0.15, 0.2) is 18.2 Å². The van der Waals surface area contributed by atoms with E-state index in [2.05, 4.69) is 0 Å². The lowest BCUT2D eigenvalue weighted by atomic mass is 10.0. The van der Waals surface area contributed by atoms with Crippen molar-refractivity contribution in [2.75, 3.05) is 13.2 Å². The molecule has 0 bridgehead atoms. The zero-order chi connectivity index (χ0) is 10.6. The summed E-state index contributed by atoms with van der Waals surface area (Å²) < 4.78 is 5.10. The molecular formula is C12H16O2. The molecule has 0 aliphatic rings. The number of benzene rings is 1. The molecule has 0 heterocycles. The van der Waals surface area contributed by atoms with Crippen LogP contribution in [0.25, 0.3) is 0 Å². The van der Waals surface area contributed by atoms with Gasteiger partial charge in [0.2, 0.25) is 0 Å². The van der Waals surface area contributed by atoms with Gasteiger partial charge in [-0.25, -0.2) is 0 Å². The number of rotatable bonds is 4. The third-order valence-electron chi connectivity index (χ3n) is 2.13. The Bertz CT molecular complexity index is 329. The number of hydrogen-bond acceptors (Lipinski definition) is 2. The van der Waals surface area contributed by atoms with E-state index in [0.717, 1.165) is 16.7 Å². The van der Waals surface area contributed by atoms with E-state index in [1.165, 1.54) is 0 Å². The molecule has 1 aromatic rings. The molecular weight excluding hydrogens is 176 g/mol. The van der Waals surface area contributed by atoms with E-state index in [9.17, 15) is 4.79 Å². The van der Waals surface area contributed by atoms with E-state index in [4.69, 9.17) is 4.74 Å². The van der Waals surface area contributed by atoms with Crippen LogP contribution in [0.3, 0.4) is 0 Å². The van der Waals surface area contributed by atoms with Crippen molar-refractivity contribution in [3.05, 3.63) is 34.9 Å². The second-order valence-corrected chi connectivity index (χ2v) is 3.38. The van der Waals surface area contributed by atoms with Gasteiger partial charge in [0.1, 0.15) is 6.61 Å². The summed E-state index contributed by atoms with van der Waals surface area (Å²) in [6, 6.07) is 5.89. The lowest BCUT2D eigenvalue weighted by molar-refractivity contribution is 0.0782. The average molecular weight is 192 g/mol. The Morgan fingerprint density at radius 3 is 2.71 bits per heavy atom. The van der Waals surface area contributed by atoms with Crippen LogP contribution < -0.4 is 0 Å². The lowest BCUT2D eigenvalue weighted by Crippen LogP contribution is -2.10. The highest BCUT2D eigenvalue weighted by Crippen LogP contribution is 2.11. The molecule has 0 amide bonds. The molecule has 0 aliphatic heterocycles. The molecule has 0 aromatic heterocycles. The van der Waals surface area contributed by atoms with Crippen LogP contribution in [-0.4, -0.2) is 19.0 Å². The van der Waals surface area contributed by atoms with Crippen molar-refractivity contribution in [3.63, 3.8) is 0 Å². The number of carbonyl (C=O) groups is 1. The topological polar surface area (TPSA) is 26.3 Å². The molecule has 0 atom stereocenters. The Morgan fingerprint density at radius 2 is 2.07 bits per heavy atom. The molecule has 0 aliphatic carbocycles. The Hall–Kier alpha value is -1.15. The van der Waals surface area contributed by atoms with Gasteiger partial charge in [-0.15, -0.1) is 0 Å². The first-order valence-corrected chi connectivity index (χ1v) is 4.83. The van der Waals surface area contributed by atoms with Crippen LogP contribution in [0.4, 0.5) is 0 Å². The smallest absolute Gasteiger partial charge is 0.188 e. The summed E-state index contributed by atoms with van der Waals surface area (Å²) in [6.07, 6.45) is 0. The molecule has 0 unspecified atom stereocenters. The fourth-order valence-corrected chi connectivity index (χ4v) is 1.31. The van der Waals surface area contributed by atoms with E-state index in [0.29, 0.717) is 6.61 Å². The Kier molecular flexibility index (Phi) is 3.84. The molecule has 76 valence electrons. The highest BCUT2D eigenvalue weighted by Gasteiger charge is 2.08. The van der Waals surface area contributed by atoms with Crippen LogP contribution in [0, 0.1) is 13.8 Å². The summed E-state index contributed by atoms with van der Waals surface area (Å²) in [5.41, 5.74) is 2.90. The monoisotopic (exact) mass is 192 g/mol. The zero-order valence-corrected chi connectivity index (χ0v) is 8.96. The third kappa shape index (κ3) is 2.67. The van der Waals surface area contributed by atoms with Crippen molar-refractivity contribution >= 4 is 5.78 Å². The van der Waals surface area contributed by atoms with Gasteiger partial charge in [-0.2, -0.15) is 0 Å². The number of aryl methyl sites for hydroxylation is 2. The second kappa shape index (κ2) is 4.91. The molecule has 2 heteroatoms. The van der Waals surface area contributed by atoms with Crippen LogP contribution in [0.1, 0.15) is 28.4 Å². The van der Waals surface area contributed by atoms with E-state index in [-0.39, 0.29) is 12.4 Å². The molecule has 1 rings (SSSR count). The standard InChI is InChI=1S/C12H16O2/c1-4-14-8-12(13)11-7-9(2)5-6-10(11)3/h5-7H,4,8H2,1-3H3. The number of hydrogen-bond donors (Lipinski definition) is 0. The Labute approximate surface area is 84.9 Å². The molecule has 0 N–H and O–H groups in total. The summed E-state index contributed by atoms with van der Waals surface area (Å²) in [5.74, 6) is 0.0630. The summed E-state index contributed by atoms with van der Waals surface area (Å²) in [6.45, 7) is 6.57. The van der Waals surface area contributed by atoms with Crippen LogP contribution >= 0.6 is 0 Å². The van der Waals surface area contributed by atoms with Gasteiger partial charge in [-0.05, 0) is 32.4 Å². The van der Waals surface area contributed by atoms with Gasteiger partial charge in [0.05, 0.1) is 0 Å². The number of ether oxygens (including phenoxy) is 1. The molecule has 2 nitrogen and oxygen atoms in total. The largest absolute Gasteiger partial charge is 0.374 e. The highest BCUT2D eigenvalue weighted by molar-refractivity contribution is 5.98. The van der Waals surface area contributed by atoms with Crippen molar-refractivity contribution in [1.29, 1.82) is 0 Å². The average Bonchev–Trinajstić information content (AvgIpc) is 2.18. The maximum atomic E-state index is 11.7. The van der Waals surface area contributed by atoms with Gasteiger partial charge < -0.3 is 4.74 Å². The summed E-state index contributed by atoms with van der Waals surface area (Å²) >= 11 is 0. The Balaban J connectivity index is 2.83. The van der Waals surface area contributed by atoms with E-state index in [1.807, 2.05) is 39.0 Å². The normalized spacial score (nSPS) is 10.2.